The van der Waals surface area contributed by atoms with Gasteiger partial charge in [-0.2, -0.15) is 0 Å². The Morgan fingerprint density at radius 2 is 1.21 bits per heavy atom. The molecule has 2 aliphatic rings. The van der Waals surface area contributed by atoms with Gasteiger partial charge in [0.15, 0.2) is 0 Å². The van der Waals surface area contributed by atoms with Gasteiger partial charge in [-0.15, -0.1) is 0 Å². The van der Waals surface area contributed by atoms with Crippen LogP contribution in [0.2, 0.25) is 0 Å². The van der Waals surface area contributed by atoms with Gasteiger partial charge in [0.25, 0.3) is 0 Å². The molecule has 0 unspecified atom stereocenters. The van der Waals surface area contributed by atoms with Crippen molar-refractivity contribution in [2.45, 2.75) is 163 Å². The zero-order valence-corrected chi connectivity index (χ0v) is 33.3. The first kappa shape index (κ1) is 36.2. The summed E-state index contributed by atoms with van der Waals surface area (Å²) >= 11 is 0. The molecule has 0 saturated carbocycles. The third-order valence-electron chi connectivity index (χ3n) is 11.3. The van der Waals surface area contributed by atoms with Gasteiger partial charge in [0.2, 0.25) is 0 Å². The van der Waals surface area contributed by atoms with E-state index in [9.17, 15) is 0 Å². The average Bonchev–Trinajstić information content (AvgIpc) is 2.98. The Morgan fingerprint density at radius 1 is 0.667 bits per heavy atom. The second kappa shape index (κ2) is 12.4. The molecule has 5 rings (SSSR count). The van der Waals surface area contributed by atoms with E-state index in [4.69, 9.17) is 0 Å². The predicted molar refractivity (Wildman–Crippen MR) is 212 cm³/mol. The highest BCUT2D eigenvalue weighted by molar-refractivity contribution is 5.94. The van der Waals surface area contributed by atoms with Crippen LogP contribution in [0.3, 0.4) is 0 Å². The molecule has 3 aromatic rings. The van der Waals surface area contributed by atoms with E-state index in [-0.39, 0.29) is 27.1 Å². The maximum Gasteiger partial charge on any atom is 0.0543 e. The van der Waals surface area contributed by atoms with Crippen LogP contribution >= 0.6 is 0 Å². The lowest BCUT2D eigenvalue weighted by Crippen LogP contribution is -2.40. The highest BCUT2D eigenvalue weighted by Gasteiger charge is 2.48. The Hall–Kier alpha value is -3.06. The molecule has 2 aliphatic heterocycles. The Labute approximate surface area is 294 Å². The molecule has 0 aliphatic carbocycles. The normalized spacial score (nSPS) is 17.0. The average molecular weight is 644 g/mol. The molecule has 1 heteroatoms. The number of hydrogen-bond acceptors (Lipinski definition) is 1. The van der Waals surface area contributed by atoms with Crippen molar-refractivity contribution in [3.8, 4) is 0 Å². The van der Waals surface area contributed by atoms with Crippen molar-refractivity contribution < 1.29 is 0 Å². The molecule has 0 N–H and O–H groups in total. The zero-order chi connectivity index (χ0) is 35.6. The lowest BCUT2D eigenvalue weighted by Gasteiger charge is -2.52. The molecule has 0 fully saturated rings. The molecular formula is C47H65N. The van der Waals surface area contributed by atoms with Crippen molar-refractivity contribution >= 4 is 17.1 Å². The van der Waals surface area contributed by atoms with Gasteiger partial charge in [0, 0.05) is 10.8 Å². The molecule has 258 valence electrons. The molecule has 3 aromatic carbocycles. The van der Waals surface area contributed by atoms with E-state index < -0.39 is 0 Å². The van der Waals surface area contributed by atoms with Crippen molar-refractivity contribution in [2.24, 2.45) is 0 Å². The van der Waals surface area contributed by atoms with Crippen LogP contribution in [0.4, 0.5) is 17.1 Å². The van der Waals surface area contributed by atoms with Crippen LogP contribution < -0.4 is 4.90 Å². The zero-order valence-electron chi connectivity index (χ0n) is 33.3. The minimum absolute atomic E-state index is 0.0260. The van der Waals surface area contributed by atoms with Crippen LogP contribution in [0.5, 0.6) is 0 Å². The fourth-order valence-electron chi connectivity index (χ4n) is 7.89. The number of benzene rings is 3. The van der Waals surface area contributed by atoms with Crippen molar-refractivity contribution in [1.29, 1.82) is 0 Å². The summed E-state index contributed by atoms with van der Waals surface area (Å²) in [5, 5.41) is 0. The summed E-state index contributed by atoms with van der Waals surface area (Å²) in [7, 11) is 0. The first-order valence-electron chi connectivity index (χ1n) is 18.8. The molecule has 0 spiro atoms. The minimum atomic E-state index is -0.157. The largest absolute Gasteiger partial charge is 0.309 e. The Kier molecular flexibility index (Phi) is 9.33. The van der Waals surface area contributed by atoms with E-state index in [0.717, 1.165) is 12.8 Å². The second-order valence-corrected chi connectivity index (χ2v) is 19.0. The maximum atomic E-state index is 2.69. The Balaban J connectivity index is 1.80. The number of nitrogens with zero attached hydrogens (tertiary/aromatic N) is 1. The predicted octanol–water partition coefficient (Wildman–Crippen LogP) is 14.0. The first-order chi connectivity index (χ1) is 22.1. The lowest BCUT2D eigenvalue weighted by atomic mass is 9.63. The van der Waals surface area contributed by atoms with Gasteiger partial charge in [0.1, 0.15) is 0 Å². The summed E-state index contributed by atoms with van der Waals surface area (Å²) in [5.41, 5.74) is 16.7. The van der Waals surface area contributed by atoms with E-state index in [1.165, 1.54) is 86.4 Å². The molecule has 48 heavy (non-hydrogen) atoms. The fourth-order valence-corrected chi connectivity index (χ4v) is 7.89. The Bertz CT molecular complexity index is 1750. The standard InChI is InChI=1S/C47H65N/c1-16-18-19-20-21-22-31(17-2)25-32-23-24-40-35(26-32)46(12,13)38-29-34(44(6,7)8)30-39-42(38)48(40)41-36(45(9,10)11)27-33(43(3,4)5)28-37(41)47(39,14)15/h17,21-24,26-30H,16,18-20,25H2,1-15H3/b22-21-,31-17+. The second-order valence-electron chi connectivity index (χ2n) is 19.0. The molecule has 0 radical (unpaired) electrons. The molecular weight excluding hydrogens is 579 g/mol. The molecule has 0 atom stereocenters. The molecule has 0 saturated heterocycles. The van der Waals surface area contributed by atoms with Gasteiger partial charge in [-0.25, -0.2) is 0 Å². The minimum Gasteiger partial charge on any atom is -0.309 e. The molecule has 0 bridgehead atoms. The highest BCUT2D eigenvalue weighted by atomic mass is 15.2. The van der Waals surface area contributed by atoms with Crippen LogP contribution in [-0.2, 0) is 33.5 Å². The number of unbranched alkanes of at least 4 members (excludes halogenated alkanes) is 3. The monoisotopic (exact) mass is 644 g/mol. The van der Waals surface area contributed by atoms with Crippen LogP contribution in [0, 0.1) is 0 Å². The number of anilines is 3. The van der Waals surface area contributed by atoms with Crippen molar-refractivity contribution in [3.63, 3.8) is 0 Å². The summed E-state index contributed by atoms with van der Waals surface area (Å²) in [6.45, 7) is 35.7. The Morgan fingerprint density at radius 3 is 1.73 bits per heavy atom. The summed E-state index contributed by atoms with van der Waals surface area (Å²) < 4.78 is 0. The van der Waals surface area contributed by atoms with Gasteiger partial charge in [-0.3, -0.25) is 0 Å². The quantitative estimate of drug-likeness (QED) is 0.183. The topological polar surface area (TPSA) is 3.24 Å². The number of hydrogen-bond donors (Lipinski definition) is 0. The summed E-state index contributed by atoms with van der Waals surface area (Å²) in [5.74, 6) is 0. The van der Waals surface area contributed by atoms with Crippen LogP contribution in [0.1, 0.15) is 174 Å². The van der Waals surface area contributed by atoms with E-state index in [2.05, 4.69) is 169 Å². The lowest BCUT2D eigenvalue weighted by molar-refractivity contribution is 0.545. The van der Waals surface area contributed by atoms with Crippen LogP contribution in [-0.4, -0.2) is 0 Å². The third kappa shape index (κ3) is 6.36. The van der Waals surface area contributed by atoms with E-state index >= 15 is 0 Å². The number of allylic oxidation sites excluding steroid dienone is 4. The fraction of sp³-hybridized carbons (Fsp3) is 0.532. The molecule has 0 amide bonds. The summed E-state index contributed by atoms with van der Waals surface area (Å²) in [6, 6.07) is 17.6. The van der Waals surface area contributed by atoms with Crippen molar-refractivity contribution in [3.05, 3.63) is 111 Å². The van der Waals surface area contributed by atoms with Crippen molar-refractivity contribution in [1.82, 2.24) is 0 Å². The van der Waals surface area contributed by atoms with Crippen LogP contribution in [0.25, 0.3) is 0 Å². The smallest absolute Gasteiger partial charge is 0.0543 e. The van der Waals surface area contributed by atoms with E-state index in [1.54, 1.807) is 0 Å². The maximum absolute atomic E-state index is 2.69. The highest BCUT2D eigenvalue weighted by Crippen LogP contribution is 2.62. The van der Waals surface area contributed by atoms with Gasteiger partial charge < -0.3 is 4.90 Å². The molecule has 1 nitrogen and oxygen atoms in total. The van der Waals surface area contributed by atoms with Crippen LogP contribution in [0.15, 0.2) is 66.3 Å². The van der Waals surface area contributed by atoms with Gasteiger partial charge in [0.05, 0.1) is 17.1 Å². The van der Waals surface area contributed by atoms with Gasteiger partial charge in [-0.1, -0.05) is 164 Å². The van der Waals surface area contributed by atoms with E-state index in [0.29, 0.717) is 0 Å². The third-order valence-corrected chi connectivity index (χ3v) is 11.3. The van der Waals surface area contributed by atoms with E-state index in [1.807, 2.05) is 0 Å². The van der Waals surface area contributed by atoms with Gasteiger partial charge >= 0.3 is 0 Å². The summed E-state index contributed by atoms with van der Waals surface area (Å²) in [6.07, 6.45) is 13.0. The number of fused-ring (bicyclic) bond motifs is 4. The molecule has 2 heterocycles. The summed E-state index contributed by atoms with van der Waals surface area (Å²) in [4.78, 5) is 2.69. The first-order valence-corrected chi connectivity index (χ1v) is 18.8. The molecule has 0 aromatic heterocycles. The van der Waals surface area contributed by atoms with Crippen molar-refractivity contribution in [2.75, 3.05) is 4.90 Å². The van der Waals surface area contributed by atoms with Gasteiger partial charge in [-0.05, 0) is 98.6 Å². The SMILES string of the molecule is C/C=C(\C=C/CCCCC)Cc1ccc2c(c1)C(C)(C)c1cc(C(C)(C)C)cc3c1N2c1c(C(C)(C)C)cc(C(C)(C)C)cc1C3(C)C. The number of rotatable bonds is 7.